The third-order valence-electron chi connectivity index (χ3n) is 5.32. The van der Waals surface area contributed by atoms with Crippen molar-refractivity contribution in [1.82, 2.24) is 10.2 Å². The lowest BCUT2D eigenvalue weighted by Gasteiger charge is -2.43. The summed E-state index contributed by atoms with van der Waals surface area (Å²) in [6, 6.07) is 3.62. The summed E-state index contributed by atoms with van der Waals surface area (Å²) in [7, 11) is 4.70. The third kappa shape index (κ3) is 5.64. The maximum Gasteiger partial charge on any atom is 0.244 e. The first-order valence-electron chi connectivity index (χ1n) is 9.81. The Morgan fingerprint density at radius 1 is 1.21 bits per heavy atom. The van der Waals surface area contributed by atoms with Gasteiger partial charge in [0.15, 0.2) is 11.5 Å². The summed E-state index contributed by atoms with van der Waals surface area (Å²) < 4.78 is 16.0. The largest absolute Gasteiger partial charge is 0.493 e. The van der Waals surface area contributed by atoms with Crippen LogP contribution >= 0.6 is 0 Å². The number of rotatable bonds is 8. The molecule has 0 aliphatic carbocycles. The molecule has 28 heavy (non-hydrogen) atoms. The molecule has 0 saturated carbocycles. The molecule has 1 unspecified atom stereocenters. The number of likely N-dealkylation sites (tertiary alicyclic amines) is 1. The molecule has 156 valence electrons. The fraction of sp³-hybridized carbons (Fsp3) is 0.591. The first kappa shape index (κ1) is 22.1. The maximum absolute atomic E-state index is 12.3. The fourth-order valence-electron chi connectivity index (χ4n) is 3.58. The van der Waals surface area contributed by atoms with E-state index in [0.29, 0.717) is 29.7 Å². The van der Waals surface area contributed by atoms with Crippen molar-refractivity contribution in [2.24, 2.45) is 5.92 Å². The van der Waals surface area contributed by atoms with Crippen LogP contribution in [0.1, 0.15) is 39.2 Å². The number of nitrogens with zero attached hydrogens (tertiary/aromatic N) is 1. The molecular weight excluding hydrogens is 356 g/mol. The normalized spacial score (nSPS) is 18.1. The smallest absolute Gasteiger partial charge is 0.244 e. The van der Waals surface area contributed by atoms with Crippen LogP contribution in [0.15, 0.2) is 18.2 Å². The van der Waals surface area contributed by atoms with E-state index in [-0.39, 0.29) is 11.4 Å². The van der Waals surface area contributed by atoms with Gasteiger partial charge in [-0.2, -0.15) is 0 Å². The number of benzene rings is 1. The third-order valence-corrected chi connectivity index (χ3v) is 5.32. The summed E-state index contributed by atoms with van der Waals surface area (Å²) in [5.41, 5.74) is 0.735. The molecule has 6 nitrogen and oxygen atoms in total. The lowest BCUT2D eigenvalue weighted by Crippen LogP contribution is -2.54. The van der Waals surface area contributed by atoms with Crippen LogP contribution in [0, 0.1) is 5.92 Å². The van der Waals surface area contributed by atoms with Gasteiger partial charge in [-0.05, 0) is 62.9 Å². The Labute approximate surface area is 168 Å². The molecule has 1 fully saturated rings. The van der Waals surface area contributed by atoms with Crippen molar-refractivity contribution in [1.29, 1.82) is 0 Å². The van der Waals surface area contributed by atoms with E-state index < -0.39 is 0 Å². The van der Waals surface area contributed by atoms with E-state index in [2.05, 4.69) is 31.0 Å². The highest BCUT2D eigenvalue weighted by molar-refractivity contribution is 5.92. The predicted octanol–water partition coefficient (Wildman–Crippen LogP) is 3.35. The van der Waals surface area contributed by atoms with Gasteiger partial charge < -0.3 is 19.5 Å². The Bertz CT molecular complexity index is 675. The number of piperidine rings is 1. The number of nitrogens with one attached hydrogen (secondary N) is 1. The molecule has 1 saturated heterocycles. The molecule has 1 atom stereocenters. The molecule has 1 heterocycles. The van der Waals surface area contributed by atoms with Crippen LogP contribution in [-0.2, 0) is 4.79 Å². The van der Waals surface area contributed by atoms with E-state index in [1.165, 1.54) is 18.9 Å². The average molecular weight is 391 g/mol. The standard InChI is InChI=1S/C22H34N2O4/c1-16-8-7-11-24(14-16)22(2,3)15-23-20(25)10-9-17-12-18(26-4)21(28-6)19(13-17)27-5/h9-10,12-13,16H,7-8,11,14-15H2,1-6H3,(H,23,25). The second-order valence-electron chi connectivity index (χ2n) is 8.02. The first-order valence-corrected chi connectivity index (χ1v) is 9.81. The quantitative estimate of drug-likeness (QED) is 0.690. The van der Waals surface area contributed by atoms with Gasteiger partial charge in [0.05, 0.1) is 21.3 Å². The number of carbonyl (C=O) groups excluding carboxylic acids is 1. The van der Waals surface area contributed by atoms with E-state index in [0.717, 1.165) is 18.7 Å². The van der Waals surface area contributed by atoms with Crippen LogP contribution in [0.4, 0.5) is 0 Å². The molecule has 0 spiro atoms. The van der Waals surface area contributed by atoms with Crippen molar-refractivity contribution < 1.29 is 19.0 Å². The zero-order valence-corrected chi connectivity index (χ0v) is 18.0. The Morgan fingerprint density at radius 2 is 1.86 bits per heavy atom. The van der Waals surface area contributed by atoms with Gasteiger partial charge >= 0.3 is 0 Å². The number of hydrogen-bond donors (Lipinski definition) is 1. The summed E-state index contributed by atoms with van der Waals surface area (Å²) >= 11 is 0. The van der Waals surface area contributed by atoms with Crippen molar-refractivity contribution in [3.05, 3.63) is 23.8 Å². The van der Waals surface area contributed by atoms with Gasteiger partial charge in [-0.1, -0.05) is 6.92 Å². The topological polar surface area (TPSA) is 60.0 Å². The van der Waals surface area contributed by atoms with Crippen LogP contribution in [0.2, 0.25) is 0 Å². The molecule has 0 radical (unpaired) electrons. The van der Waals surface area contributed by atoms with Gasteiger partial charge in [-0.3, -0.25) is 9.69 Å². The molecule has 1 aliphatic rings. The molecular formula is C22H34N2O4. The average Bonchev–Trinajstić information content (AvgIpc) is 2.69. The van der Waals surface area contributed by atoms with Crippen molar-refractivity contribution in [2.45, 2.75) is 39.2 Å². The fourth-order valence-corrected chi connectivity index (χ4v) is 3.58. The lowest BCUT2D eigenvalue weighted by molar-refractivity contribution is -0.117. The maximum atomic E-state index is 12.3. The monoisotopic (exact) mass is 390 g/mol. The van der Waals surface area contributed by atoms with Gasteiger partial charge in [0.25, 0.3) is 0 Å². The zero-order valence-electron chi connectivity index (χ0n) is 18.0. The number of methoxy groups -OCH3 is 3. The minimum absolute atomic E-state index is 0.0647. The molecule has 6 heteroatoms. The van der Waals surface area contributed by atoms with Crippen molar-refractivity contribution in [3.8, 4) is 17.2 Å². The number of hydrogen-bond acceptors (Lipinski definition) is 5. The minimum atomic E-state index is -0.119. The SMILES string of the molecule is COc1cc(C=CC(=O)NCC(C)(C)N2CCCC(C)C2)cc(OC)c1OC. The predicted molar refractivity (Wildman–Crippen MR) is 112 cm³/mol. The Kier molecular flexibility index (Phi) is 7.75. The molecule has 0 bridgehead atoms. The van der Waals surface area contributed by atoms with Crippen LogP contribution in [0.25, 0.3) is 6.08 Å². The molecule has 1 aliphatic heterocycles. The molecule has 0 aromatic heterocycles. The van der Waals surface area contributed by atoms with Crippen molar-refractivity contribution >= 4 is 12.0 Å². The molecule has 1 amide bonds. The second-order valence-corrected chi connectivity index (χ2v) is 8.02. The van der Waals surface area contributed by atoms with Crippen LogP contribution in [0.5, 0.6) is 17.2 Å². The Morgan fingerprint density at radius 3 is 2.39 bits per heavy atom. The van der Waals surface area contributed by atoms with Gasteiger partial charge in [0.1, 0.15) is 0 Å². The van der Waals surface area contributed by atoms with E-state index >= 15 is 0 Å². The van der Waals surface area contributed by atoms with Gasteiger partial charge in [0.2, 0.25) is 11.7 Å². The van der Waals surface area contributed by atoms with Gasteiger partial charge in [0, 0.05) is 24.7 Å². The van der Waals surface area contributed by atoms with Crippen molar-refractivity contribution in [3.63, 3.8) is 0 Å². The van der Waals surface area contributed by atoms with Crippen LogP contribution in [-0.4, -0.2) is 57.3 Å². The van der Waals surface area contributed by atoms with E-state index in [1.807, 2.05) is 12.1 Å². The first-order chi connectivity index (χ1) is 13.3. The zero-order chi connectivity index (χ0) is 20.7. The Balaban J connectivity index is 1.99. The second kappa shape index (κ2) is 9.82. The molecule has 1 N–H and O–H groups in total. The summed E-state index contributed by atoms with van der Waals surface area (Å²) in [4.78, 5) is 14.8. The van der Waals surface area contributed by atoms with E-state index in [4.69, 9.17) is 14.2 Å². The van der Waals surface area contributed by atoms with E-state index in [9.17, 15) is 4.79 Å². The van der Waals surface area contributed by atoms with Crippen LogP contribution < -0.4 is 19.5 Å². The highest BCUT2D eigenvalue weighted by atomic mass is 16.5. The summed E-state index contributed by atoms with van der Waals surface area (Å²) in [5, 5.41) is 3.03. The van der Waals surface area contributed by atoms with Crippen LogP contribution in [0.3, 0.4) is 0 Å². The highest BCUT2D eigenvalue weighted by Gasteiger charge is 2.30. The number of carbonyl (C=O) groups is 1. The summed E-state index contributed by atoms with van der Waals surface area (Å²) in [6.07, 6.45) is 5.79. The van der Waals surface area contributed by atoms with Crippen molar-refractivity contribution in [2.75, 3.05) is 41.0 Å². The number of amides is 1. The van der Waals surface area contributed by atoms with E-state index in [1.54, 1.807) is 27.4 Å². The summed E-state index contributed by atoms with van der Waals surface area (Å²) in [5.74, 6) is 2.24. The number of ether oxygens (including phenoxy) is 3. The molecule has 1 aromatic carbocycles. The summed E-state index contributed by atoms with van der Waals surface area (Å²) in [6.45, 7) is 9.46. The molecule has 1 aromatic rings. The Hall–Kier alpha value is -2.21. The lowest BCUT2D eigenvalue weighted by atomic mass is 9.93. The van der Waals surface area contributed by atoms with Gasteiger partial charge in [-0.15, -0.1) is 0 Å². The minimum Gasteiger partial charge on any atom is -0.493 e. The highest BCUT2D eigenvalue weighted by Crippen LogP contribution is 2.38. The molecule has 2 rings (SSSR count). The van der Waals surface area contributed by atoms with Gasteiger partial charge in [-0.25, -0.2) is 0 Å².